The molecule has 1 aromatic carbocycles. The highest BCUT2D eigenvalue weighted by atomic mass is 15.3. The third kappa shape index (κ3) is 2.41. The Balaban J connectivity index is 1.69. The first-order valence-corrected chi connectivity index (χ1v) is 8.63. The van der Waals surface area contributed by atoms with Crippen molar-refractivity contribution in [2.75, 3.05) is 5.73 Å². The topological polar surface area (TPSA) is 82.0 Å². The Hall–Kier alpha value is -3.02. The van der Waals surface area contributed by atoms with E-state index in [4.69, 9.17) is 5.73 Å². The van der Waals surface area contributed by atoms with Crippen LogP contribution in [0.25, 0.3) is 27.7 Å². The van der Waals surface area contributed by atoms with E-state index >= 15 is 0 Å². The number of benzene rings is 1. The standard InChI is InChI=1S/C19H18N6/c20-19-23-17(10-12-2-1-3-12)18-14(6-9-25(18)24-19)13-4-5-15-16(11-13)22-8-7-21-15/h4-9,11-12H,1-3,10H2,(H2,20,24). The lowest BCUT2D eigenvalue weighted by Crippen LogP contribution is -2.16. The van der Waals surface area contributed by atoms with Crippen molar-refractivity contribution in [2.24, 2.45) is 5.92 Å². The van der Waals surface area contributed by atoms with Crippen molar-refractivity contribution < 1.29 is 0 Å². The second-order valence-corrected chi connectivity index (χ2v) is 6.70. The number of nitrogen functional groups attached to an aromatic ring is 1. The Morgan fingerprint density at radius 2 is 1.92 bits per heavy atom. The largest absolute Gasteiger partial charge is 0.367 e. The van der Waals surface area contributed by atoms with Gasteiger partial charge < -0.3 is 5.73 Å². The summed E-state index contributed by atoms with van der Waals surface area (Å²) in [5.41, 5.74) is 12.0. The summed E-state index contributed by atoms with van der Waals surface area (Å²) in [5, 5.41) is 4.35. The molecule has 0 unspecified atom stereocenters. The molecule has 0 aliphatic heterocycles. The molecule has 0 saturated heterocycles. The number of nitrogens with zero attached hydrogens (tertiary/aromatic N) is 5. The fourth-order valence-electron chi connectivity index (χ4n) is 3.59. The monoisotopic (exact) mass is 330 g/mol. The lowest BCUT2D eigenvalue weighted by molar-refractivity contribution is 0.312. The average molecular weight is 330 g/mol. The molecular weight excluding hydrogens is 312 g/mol. The van der Waals surface area contributed by atoms with Crippen LogP contribution in [0, 0.1) is 5.92 Å². The molecule has 1 aliphatic carbocycles. The molecule has 6 heteroatoms. The van der Waals surface area contributed by atoms with Gasteiger partial charge in [-0.2, -0.15) is 0 Å². The number of anilines is 1. The molecule has 124 valence electrons. The van der Waals surface area contributed by atoms with Gasteiger partial charge in [0.25, 0.3) is 0 Å². The van der Waals surface area contributed by atoms with E-state index in [1.807, 2.05) is 16.8 Å². The summed E-state index contributed by atoms with van der Waals surface area (Å²) in [4.78, 5) is 13.3. The van der Waals surface area contributed by atoms with Crippen molar-refractivity contribution >= 4 is 22.5 Å². The van der Waals surface area contributed by atoms with Crippen molar-refractivity contribution in [1.29, 1.82) is 0 Å². The smallest absolute Gasteiger partial charge is 0.238 e. The highest BCUT2D eigenvalue weighted by Crippen LogP contribution is 2.34. The average Bonchev–Trinajstić information content (AvgIpc) is 3.01. The minimum atomic E-state index is 0.327. The number of rotatable bonds is 3. The summed E-state index contributed by atoms with van der Waals surface area (Å²) in [6.07, 6.45) is 10.2. The molecule has 2 N–H and O–H groups in total. The Bertz CT molecular complexity index is 1080. The minimum absolute atomic E-state index is 0.327. The Kier molecular flexibility index (Phi) is 3.16. The summed E-state index contributed by atoms with van der Waals surface area (Å²) in [5.74, 6) is 1.04. The van der Waals surface area contributed by atoms with Crippen molar-refractivity contribution in [3.63, 3.8) is 0 Å². The van der Waals surface area contributed by atoms with E-state index in [-0.39, 0.29) is 0 Å². The molecule has 6 nitrogen and oxygen atoms in total. The van der Waals surface area contributed by atoms with Crippen LogP contribution in [-0.4, -0.2) is 24.6 Å². The van der Waals surface area contributed by atoms with Gasteiger partial charge in [-0.3, -0.25) is 9.97 Å². The van der Waals surface area contributed by atoms with Crippen LogP contribution in [0.3, 0.4) is 0 Å². The van der Waals surface area contributed by atoms with Gasteiger partial charge in [-0.15, -0.1) is 5.10 Å². The zero-order chi connectivity index (χ0) is 16.8. The number of fused-ring (bicyclic) bond motifs is 2. The van der Waals surface area contributed by atoms with Gasteiger partial charge in [0.2, 0.25) is 5.95 Å². The van der Waals surface area contributed by atoms with Gasteiger partial charge in [0.05, 0.1) is 22.2 Å². The van der Waals surface area contributed by atoms with Crippen LogP contribution < -0.4 is 5.73 Å². The first kappa shape index (κ1) is 14.3. The maximum Gasteiger partial charge on any atom is 0.238 e. The Morgan fingerprint density at radius 1 is 1.08 bits per heavy atom. The number of aromatic nitrogens is 5. The SMILES string of the molecule is Nc1nc(CC2CCC2)c2c(-c3ccc4nccnc4c3)ccn2n1. The van der Waals surface area contributed by atoms with Crippen LogP contribution >= 0.6 is 0 Å². The maximum absolute atomic E-state index is 5.92. The molecule has 1 saturated carbocycles. The third-order valence-electron chi connectivity index (χ3n) is 5.09. The molecule has 0 bridgehead atoms. The lowest BCUT2D eigenvalue weighted by Gasteiger charge is -2.25. The predicted octanol–water partition coefficient (Wildman–Crippen LogP) is 3.26. The molecule has 3 heterocycles. The van der Waals surface area contributed by atoms with Crippen LogP contribution in [0.4, 0.5) is 5.95 Å². The van der Waals surface area contributed by atoms with Crippen LogP contribution in [0.15, 0.2) is 42.9 Å². The molecule has 0 radical (unpaired) electrons. The van der Waals surface area contributed by atoms with E-state index in [0.29, 0.717) is 11.9 Å². The quantitative estimate of drug-likeness (QED) is 0.623. The summed E-state index contributed by atoms with van der Waals surface area (Å²) < 4.78 is 1.85. The first-order chi connectivity index (χ1) is 12.3. The molecule has 1 fully saturated rings. The summed E-state index contributed by atoms with van der Waals surface area (Å²) in [7, 11) is 0. The molecule has 0 spiro atoms. The molecule has 5 rings (SSSR count). The van der Waals surface area contributed by atoms with Gasteiger partial charge in [-0.25, -0.2) is 9.50 Å². The van der Waals surface area contributed by atoms with Gasteiger partial charge in [0.15, 0.2) is 0 Å². The van der Waals surface area contributed by atoms with Gasteiger partial charge in [-0.05, 0) is 36.1 Å². The van der Waals surface area contributed by atoms with Crippen LogP contribution in [0.2, 0.25) is 0 Å². The highest BCUT2D eigenvalue weighted by molar-refractivity contribution is 5.88. The van der Waals surface area contributed by atoms with E-state index in [2.05, 4.69) is 38.2 Å². The summed E-state index contributed by atoms with van der Waals surface area (Å²) in [6.45, 7) is 0. The van der Waals surface area contributed by atoms with Gasteiger partial charge in [0, 0.05) is 24.2 Å². The lowest BCUT2D eigenvalue weighted by atomic mass is 9.82. The first-order valence-electron chi connectivity index (χ1n) is 8.63. The van der Waals surface area contributed by atoms with Crippen molar-refractivity contribution in [3.05, 3.63) is 48.5 Å². The van der Waals surface area contributed by atoms with Gasteiger partial charge >= 0.3 is 0 Å². The zero-order valence-electron chi connectivity index (χ0n) is 13.8. The fraction of sp³-hybridized carbons (Fsp3) is 0.263. The zero-order valence-corrected chi connectivity index (χ0v) is 13.8. The van der Waals surface area contributed by atoms with Crippen LogP contribution in [0.1, 0.15) is 25.0 Å². The van der Waals surface area contributed by atoms with E-state index in [1.165, 1.54) is 19.3 Å². The van der Waals surface area contributed by atoms with E-state index in [0.717, 1.165) is 39.8 Å². The predicted molar refractivity (Wildman–Crippen MR) is 97.0 cm³/mol. The number of hydrogen-bond donors (Lipinski definition) is 1. The molecule has 4 aromatic rings. The molecule has 0 atom stereocenters. The molecule has 3 aromatic heterocycles. The third-order valence-corrected chi connectivity index (χ3v) is 5.09. The Labute approximate surface area is 144 Å². The maximum atomic E-state index is 5.92. The molecule has 25 heavy (non-hydrogen) atoms. The van der Waals surface area contributed by atoms with Gasteiger partial charge in [-0.1, -0.05) is 25.3 Å². The van der Waals surface area contributed by atoms with E-state index in [1.54, 1.807) is 12.4 Å². The molecule has 0 amide bonds. The molecule has 1 aliphatic rings. The second kappa shape index (κ2) is 5.51. The van der Waals surface area contributed by atoms with Crippen LogP contribution in [-0.2, 0) is 6.42 Å². The van der Waals surface area contributed by atoms with Gasteiger partial charge in [0.1, 0.15) is 0 Å². The number of nitrogens with two attached hydrogens (primary N) is 1. The second-order valence-electron chi connectivity index (χ2n) is 6.70. The number of hydrogen-bond acceptors (Lipinski definition) is 5. The minimum Gasteiger partial charge on any atom is -0.367 e. The fourth-order valence-corrected chi connectivity index (χ4v) is 3.59. The van der Waals surface area contributed by atoms with E-state index in [9.17, 15) is 0 Å². The van der Waals surface area contributed by atoms with E-state index < -0.39 is 0 Å². The summed E-state index contributed by atoms with van der Waals surface area (Å²) in [6, 6.07) is 8.23. The summed E-state index contributed by atoms with van der Waals surface area (Å²) >= 11 is 0. The normalized spacial score (nSPS) is 14.9. The van der Waals surface area contributed by atoms with Crippen molar-refractivity contribution in [1.82, 2.24) is 24.6 Å². The highest BCUT2D eigenvalue weighted by Gasteiger charge is 2.22. The van der Waals surface area contributed by atoms with Crippen molar-refractivity contribution in [2.45, 2.75) is 25.7 Å². The van der Waals surface area contributed by atoms with Crippen LogP contribution in [0.5, 0.6) is 0 Å². The van der Waals surface area contributed by atoms with Crippen molar-refractivity contribution in [3.8, 4) is 11.1 Å². The molecular formula is C19H18N6. The Morgan fingerprint density at radius 3 is 2.72 bits per heavy atom.